The summed E-state index contributed by atoms with van der Waals surface area (Å²) in [6.45, 7) is 1.92. The van der Waals surface area contributed by atoms with Gasteiger partial charge in [0.15, 0.2) is 9.84 Å². The van der Waals surface area contributed by atoms with Crippen LogP contribution in [0, 0.1) is 0 Å². The summed E-state index contributed by atoms with van der Waals surface area (Å²) in [5, 5.41) is 2.92. The molecule has 0 aliphatic heterocycles. The van der Waals surface area contributed by atoms with Gasteiger partial charge in [-0.25, -0.2) is 8.42 Å². The Hall–Kier alpha value is -0.0900. The molecule has 1 fully saturated rings. The van der Waals surface area contributed by atoms with Crippen molar-refractivity contribution in [1.29, 1.82) is 0 Å². The summed E-state index contributed by atoms with van der Waals surface area (Å²) in [6, 6.07) is 0.0712. The second kappa shape index (κ2) is 5.12. The molecule has 1 N–H and O–H groups in total. The molecule has 3 nitrogen and oxygen atoms in total. The first-order chi connectivity index (χ1) is 6.56. The zero-order valence-electron chi connectivity index (χ0n) is 9.12. The van der Waals surface area contributed by atoms with E-state index in [4.69, 9.17) is 0 Å². The topological polar surface area (TPSA) is 46.2 Å². The van der Waals surface area contributed by atoms with E-state index in [1.54, 1.807) is 7.05 Å². The Morgan fingerprint density at radius 2 is 1.86 bits per heavy atom. The van der Waals surface area contributed by atoms with Gasteiger partial charge < -0.3 is 5.32 Å². The molecule has 0 radical (unpaired) electrons. The molecule has 0 bridgehead atoms. The van der Waals surface area contributed by atoms with E-state index in [0.29, 0.717) is 0 Å². The van der Waals surface area contributed by atoms with E-state index in [2.05, 4.69) is 5.32 Å². The fourth-order valence-electron chi connectivity index (χ4n) is 1.99. The van der Waals surface area contributed by atoms with Crippen LogP contribution in [0.2, 0.25) is 0 Å². The lowest BCUT2D eigenvalue weighted by Crippen LogP contribution is -2.35. The highest BCUT2D eigenvalue weighted by atomic mass is 32.2. The second-order valence-corrected chi connectivity index (χ2v) is 6.60. The highest BCUT2D eigenvalue weighted by molar-refractivity contribution is 7.92. The lowest BCUT2D eigenvalue weighted by atomic mass is 10.0. The molecule has 14 heavy (non-hydrogen) atoms. The SMILES string of the molecule is CNC(C)CS(=O)(=O)C1CCCCC1. The average Bonchev–Trinajstić information content (AvgIpc) is 2.18. The van der Waals surface area contributed by atoms with Crippen LogP contribution in [0.4, 0.5) is 0 Å². The van der Waals surface area contributed by atoms with Gasteiger partial charge in [-0.05, 0) is 26.8 Å². The highest BCUT2D eigenvalue weighted by Crippen LogP contribution is 2.24. The zero-order chi connectivity index (χ0) is 10.6. The Kier molecular flexibility index (Phi) is 4.38. The quantitative estimate of drug-likeness (QED) is 0.776. The summed E-state index contributed by atoms with van der Waals surface area (Å²) in [7, 11) is -1.05. The summed E-state index contributed by atoms with van der Waals surface area (Å²) in [5.74, 6) is 0.286. The molecule has 1 saturated carbocycles. The molecular formula is C10H21NO2S. The summed E-state index contributed by atoms with van der Waals surface area (Å²) < 4.78 is 23.8. The third-order valence-corrected chi connectivity index (χ3v) is 5.49. The van der Waals surface area contributed by atoms with Crippen LogP contribution in [0.5, 0.6) is 0 Å². The van der Waals surface area contributed by atoms with Crippen molar-refractivity contribution in [3.8, 4) is 0 Å². The second-order valence-electron chi connectivity index (χ2n) is 4.28. The van der Waals surface area contributed by atoms with Gasteiger partial charge in [-0.1, -0.05) is 19.3 Å². The molecule has 1 rings (SSSR count). The number of nitrogens with one attached hydrogen (secondary N) is 1. The molecule has 0 spiro atoms. The third-order valence-electron chi connectivity index (χ3n) is 3.04. The number of sulfone groups is 1. The van der Waals surface area contributed by atoms with Crippen molar-refractivity contribution in [2.75, 3.05) is 12.8 Å². The van der Waals surface area contributed by atoms with Crippen LogP contribution in [-0.4, -0.2) is 32.5 Å². The lowest BCUT2D eigenvalue weighted by molar-refractivity contribution is 0.480. The molecule has 0 aromatic carbocycles. The molecule has 1 atom stereocenters. The summed E-state index contributed by atoms with van der Waals surface area (Å²) in [5.41, 5.74) is 0. The molecule has 1 aliphatic rings. The standard InChI is InChI=1S/C10H21NO2S/c1-9(11-2)8-14(12,13)10-6-4-3-5-7-10/h9-11H,3-8H2,1-2H3. The van der Waals surface area contributed by atoms with Gasteiger partial charge >= 0.3 is 0 Å². The molecule has 0 aromatic rings. The van der Waals surface area contributed by atoms with Gasteiger partial charge in [-0.15, -0.1) is 0 Å². The maximum Gasteiger partial charge on any atom is 0.154 e. The van der Waals surface area contributed by atoms with Crippen LogP contribution in [0.1, 0.15) is 39.0 Å². The van der Waals surface area contributed by atoms with Gasteiger partial charge in [-0.3, -0.25) is 0 Å². The maximum absolute atomic E-state index is 11.9. The van der Waals surface area contributed by atoms with Crippen molar-refractivity contribution in [3.63, 3.8) is 0 Å². The minimum absolute atomic E-state index is 0.0629. The Bertz CT molecular complexity index is 255. The Morgan fingerprint density at radius 1 is 1.29 bits per heavy atom. The van der Waals surface area contributed by atoms with E-state index in [1.807, 2.05) is 6.92 Å². The maximum atomic E-state index is 11.9. The predicted octanol–water partition coefficient (Wildman–Crippen LogP) is 1.34. The highest BCUT2D eigenvalue weighted by Gasteiger charge is 2.28. The lowest BCUT2D eigenvalue weighted by Gasteiger charge is -2.23. The van der Waals surface area contributed by atoms with Crippen molar-refractivity contribution in [1.82, 2.24) is 5.32 Å². The average molecular weight is 219 g/mol. The van der Waals surface area contributed by atoms with E-state index in [9.17, 15) is 8.42 Å². The van der Waals surface area contributed by atoms with Gasteiger partial charge in [0, 0.05) is 6.04 Å². The van der Waals surface area contributed by atoms with Crippen LogP contribution in [0.25, 0.3) is 0 Å². The molecule has 0 heterocycles. The van der Waals surface area contributed by atoms with E-state index in [-0.39, 0.29) is 17.0 Å². The first kappa shape index (κ1) is 12.0. The first-order valence-electron chi connectivity index (χ1n) is 5.45. The van der Waals surface area contributed by atoms with Crippen LogP contribution in [0.15, 0.2) is 0 Å². The summed E-state index contributed by atoms with van der Waals surface area (Å²) in [6.07, 6.45) is 5.11. The van der Waals surface area contributed by atoms with Crippen molar-refractivity contribution in [2.45, 2.75) is 50.3 Å². The fraction of sp³-hybridized carbons (Fsp3) is 1.00. The summed E-state index contributed by atoms with van der Waals surface area (Å²) >= 11 is 0. The van der Waals surface area contributed by atoms with Crippen LogP contribution >= 0.6 is 0 Å². The molecule has 84 valence electrons. The van der Waals surface area contributed by atoms with E-state index in [0.717, 1.165) is 25.7 Å². The number of hydrogen-bond acceptors (Lipinski definition) is 3. The van der Waals surface area contributed by atoms with Crippen LogP contribution in [0.3, 0.4) is 0 Å². The van der Waals surface area contributed by atoms with Gasteiger partial charge in [0.1, 0.15) is 0 Å². The zero-order valence-corrected chi connectivity index (χ0v) is 9.94. The number of rotatable bonds is 4. The van der Waals surface area contributed by atoms with Crippen molar-refractivity contribution >= 4 is 9.84 Å². The minimum Gasteiger partial charge on any atom is -0.316 e. The van der Waals surface area contributed by atoms with Crippen molar-refractivity contribution in [3.05, 3.63) is 0 Å². The van der Waals surface area contributed by atoms with Crippen LogP contribution < -0.4 is 5.32 Å². The minimum atomic E-state index is -2.86. The van der Waals surface area contributed by atoms with Gasteiger partial charge in [0.25, 0.3) is 0 Å². The van der Waals surface area contributed by atoms with Gasteiger partial charge in [-0.2, -0.15) is 0 Å². The predicted molar refractivity (Wildman–Crippen MR) is 59.2 cm³/mol. The Balaban J connectivity index is 2.54. The largest absolute Gasteiger partial charge is 0.316 e. The van der Waals surface area contributed by atoms with Gasteiger partial charge in [0.2, 0.25) is 0 Å². The number of hydrogen-bond donors (Lipinski definition) is 1. The van der Waals surface area contributed by atoms with E-state index < -0.39 is 9.84 Å². The van der Waals surface area contributed by atoms with E-state index >= 15 is 0 Å². The van der Waals surface area contributed by atoms with Crippen molar-refractivity contribution in [2.24, 2.45) is 0 Å². The van der Waals surface area contributed by atoms with Crippen LogP contribution in [-0.2, 0) is 9.84 Å². The third kappa shape index (κ3) is 3.24. The van der Waals surface area contributed by atoms with E-state index in [1.165, 1.54) is 6.42 Å². The molecule has 0 amide bonds. The van der Waals surface area contributed by atoms with Crippen molar-refractivity contribution < 1.29 is 8.42 Å². The molecule has 1 unspecified atom stereocenters. The molecule has 0 aromatic heterocycles. The molecule has 0 saturated heterocycles. The first-order valence-corrected chi connectivity index (χ1v) is 7.16. The fourth-order valence-corrected chi connectivity index (χ4v) is 4.18. The van der Waals surface area contributed by atoms with Gasteiger partial charge in [0.05, 0.1) is 11.0 Å². The molecular weight excluding hydrogens is 198 g/mol. The normalized spacial score (nSPS) is 22.1. The molecule has 4 heteroatoms. The smallest absolute Gasteiger partial charge is 0.154 e. The summed E-state index contributed by atoms with van der Waals surface area (Å²) in [4.78, 5) is 0. The molecule has 1 aliphatic carbocycles. The Labute approximate surface area is 87.2 Å². The monoisotopic (exact) mass is 219 g/mol. The Morgan fingerprint density at radius 3 is 2.36 bits per heavy atom.